The van der Waals surface area contributed by atoms with Crippen molar-refractivity contribution in [3.8, 4) is 0 Å². The van der Waals surface area contributed by atoms with Gasteiger partial charge in [-0.15, -0.1) is 0 Å². The number of piperazine rings is 1. The highest BCUT2D eigenvalue weighted by Crippen LogP contribution is 2.14. The van der Waals surface area contributed by atoms with Crippen LogP contribution in [0.25, 0.3) is 4.85 Å². The van der Waals surface area contributed by atoms with Crippen LogP contribution in [0.1, 0.15) is 5.56 Å². The molecule has 15 heavy (non-hydrogen) atoms. The Morgan fingerprint density at radius 2 is 1.87 bits per heavy atom. The zero-order valence-electron chi connectivity index (χ0n) is 8.74. The molecule has 0 aromatic heterocycles. The van der Waals surface area contributed by atoms with E-state index in [-0.39, 0.29) is 0 Å². The first-order valence-corrected chi connectivity index (χ1v) is 5.28. The van der Waals surface area contributed by atoms with Gasteiger partial charge in [0.2, 0.25) is 0 Å². The molecule has 1 aliphatic heterocycles. The van der Waals surface area contributed by atoms with Crippen LogP contribution in [0.5, 0.6) is 0 Å². The van der Waals surface area contributed by atoms with Gasteiger partial charge in [0, 0.05) is 32.7 Å². The molecule has 0 aliphatic carbocycles. The first-order valence-electron chi connectivity index (χ1n) is 5.28. The summed E-state index contributed by atoms with van der Waals surface area (Å²) in [5, 5.41) is 3.34. The molecule has 0 saturated carbocycles. The van der Waals surface area contributed by atoms with Crippen LogP contribution in [0, 0.1) is 6.57 Å². The lowest BCUT2D eigenvalue weighted by atomic mass is 10.2. The Balaban J connectivity index is 1.95. The third-order valence-electron chi connectivity index (χ3n) is 2.68. The maximum atomic E-state index is 6.87. The van der Waals surface area contributed by atoms with Crippen LogP contribution in [0.4, 0.5) is 5.69 Å². The minimum atomic E-state index is 0.721. The maximum absolute atomic E-state index is 6.87. The predicted molar refractivity (Wildman–Crippen MR) is 60.9 cm³/mol. The lowest BCUT2D eigenvalue weighted by Gasteiger charge is -2.27. The molecule has 0 radical (unpaired) electrons. The van der Waals surface area contributed by atoms with Crippen LogP contribution in [0.3, 0.4) is 0 Å². The van der Waals surface area contributed by atoms with Gasteiger partial charge in [0.15, 0.2) is 5.69 Å². The number of rotatable bonds is 2. The fourth-order valence-corrected chi connectivity index (χ4v) is 1.80. The fraction of sp³-hybridized carbons (Fsp3) is 0.417. The van der Waals surface area contributed by atoms with Crippen molar-refractivity contribution in [2.45, 2.75) is 6.54 Å². The van der Waals surface area contributed by atoms with Crippen LogP contribution < -0.4 is 5.32 Å². The van der Waals surface area contributed by atoms with Crippen molar-refractivity contribution >= 4 is 5.69 Å². The number of hydrogen-bond donors (Lipinski definition) is 1. The minimum Gasteiger partial charge on any atom is -0.314 e. The summed E-state index contributed by atoms with van der Waals surface area (Å²) >= 11 is 0. The molecule has 1 N–H and O–H groups in total. The normalized spacial score (nSPS) is 17.3. The molecule has 0 bridgehead atoms. The second kappa shape index (κ2) is 4.92. The van der Waals surface area contributed by atoms with Crippen LogP contribution in [0.2, 0.25) is 0 Å². The molecule has 3 nitrogen and oxygen atoms in total. The Morgan fingerprint density at radius 3 is 2.47 bits per heavy atom. The molecule has 1 aliphatic rings. The molecule has 78 valence electrons. The molecule has 2 rings (SSSR count). The number of benzene rings is 1. The third kappa shape index (κ3) is 2.79. The van der Waals surface area contributed by atoms with Gasteiger partial charge in [-0.3, -0.25) is 4.90 Å². The molecule has 1 heterocycles. The van der Waals surface area contributed by atoms with Gasteiger partial charge in [-0.2, -0.15) is 0 Å². The minimum absolute atomic E-state index is 0.721. The summed E-state index contributed by atoms with van der Waals surface area (Å²) in [5.41, 5.74) is 2.02. The van der Waals surface area contributed by atoms with Crippen molar-refractivity contribution in [1.82, 2.24) is 10.2 Å². The van der Waals surface area contributed by atoms with Crippen molar-refractivity contribution < 1.29 is 0 Å². The summed E-state index contributed by atoms with van der Waals surface area (Å²) in [5.74, 6) is 0. The highest BCUT2D eigenvalue weighted by molar-refractivity contribution is 5.45. The third-order valence-corrected chi connectivity index (χ3v) is 2.68. The first-order chi connectivity index (χ1) is 7.38. The number of hydrogen-bond acceptors (Lipinski definition) is 2. The summed E-state index contributed by atoms with van der Waals surface area (Å²) in [6.45, 7) is 12.3. The van der Waals surface area contributed by atoms with E-state index >= 15 is 0 Å². The van der Waals surface area contributed by atoms with Crippen molar-refractivity contribution in [2.24, 2.45) is 0 Å². The van der Waals surface area contributed by atoms with E-state index in [0.29, 0.717) is 0 Å². The average molecular weight is 201 g/mol. The second-order valence-corrected chi connectivity index (χ2v) is 3.80. The van der Waals surface area contributed by atoms with Crippen molar-refractivity contribution in [2.75, 3.05) is 26.2 Å². The van der Waals surface area contributed by atoms with E-state index in [9.17, 15) is 0 Å². The predicted octanol–water partition coefficient (Wildman–Crippen LogP) is 1.64. The average Bonchev–Trinajstić information content (AvgIpc) is 2.31. The van der Waals surface area contributed by atoms with Crippen LogP contribution in [-0.4, -0.2) is 31.1 Å². The second-order valence-electron chi connectivity index (χ2n) is 3.80. The van der Waals surface area contributed by atoms with Gasteiger partial charge in [0.05, 0.1) is 6.57 Å². The van der Waals surface area contributed by atoms with Crippen molar-refractivity contribution in [1.29, 1.82) is 0 Å². The maximum Gasteiger partial charge on any atom is 0.187 e. The molecule has 0 unspecified atom stereocenters. The molecule has 0 amide bonds. The van der Waals surface area contributed by atoms with Crippen LogP contribution in [-0.2, 0) is 6.54 Å². The molecular weight excluding hydrogens is 186 g/mol. The van der Waals surface area contributed by atoms with Gasteiger partial charge in [0.25, 0.3) is 0 Å². The standard InChI is InChI=1S/C12H15N3/c1-13-12-4-2-11(3-5-12)10-15-8-6-14-7-9-15/h2-5,14H,6-10H2. The van der Waals surface area contributed by atoms with Crippen molar-refractivity contribution in [3.05, 3.63) is 41.2 Å². The Morgan fingerprint density at radius 1 is 1.20 bits per heavy atom. The lowest BCUT2D eigenvalue weighted by molar-refractivity contribution is 0.233. The van der Waals surface area contributed by atoms with Crippen LogP contribution >= 0.6 is 0 Å². The van der Waals surface area contributed by atoms with Crippen molar-refractivity contribution in [3.63, 3.8) is 0 Å². The number of nitrogens with zero attached hydrogens (tertiary/aromatic N) is 2. The molecule has 0 spiro atoms. The van der Waals surface area contributed by atoms with Gasteiger partial charge >= 0.3 is 0 Å². The molecule has 1 fully saturated rings. The Bertz CT molecular complexity index is 344. The Labute approximate surface area is 90.5 Å². The first kappa shape index (κ1) is 10.2. The molecule has 1 aromatic carbocycles. The zero-order chi connectivity index (χ0) is 10.5. The monoisotopic (exact) mass is 201 g/mol. The smallest absolute Gasteiger partial charge is 0.187 e. The van der Waals surface area contributed by atoms with Gasteiger partial charge < -0.3 is 5.32 Å². The molecule has 1 saturated heterocycles. The van der Waals surface area contributed by atoms with E-state index in [2.05, 4.69) is 27.2 Å². The van der Waals surface area contributed by atoms with Gasteiger partial charge in [-0.25, -0.2) is 4.85 Å². The summed E-state index contributed by atoms with van der Waals surface area (Å²) in [4.78, 5) is 5.82. The highest BCUT2D eigenvalue weighted by Gasteiger charge is 2.09. The summed E-state index contributed by atoms with van der Waals surface area (Å²) in [6, 6.07) is 7.89. The Kier molecular flexibility index (Phi) is 3.33. The summed E-state index contributed by atoms with van der Waals surface area (Å²) < 4.78 is 0. The highest BCUT2D eigenvalue weighted by atomic mass is 15.2. The zero-order valence-corrected chi connectivity index (χ0v) is 8.74. The summed E-state index contributed by atoms with van der Waals surface area (Å²) in [6.07, 6.45) is 0. The quantitative estimate of drug-likeness (QED) is 0.734. The molecular formula is C12H15N3. The van der Waals surface area contributed by atoms with Gasteiger partial charge in [-0.05, 0) is 5.56 Å². The van der Waals surface area contributed by atoms with E-state index in [1.54, 1.807) is 0 Å². The van der Waals surface area contributed by atoms with E-state index in [0.717, 1.165) is 38.4 Å². The van der Waals surface area contributed by atoms with E-state index < -0.39 is 0 Å². The molecule has 1 aromatic rings. The van der Waals surface area contributed by atoms with E-state index in [4.69, 9.17) is 6.57 Å². The lowest BCUT2D eigenvalue weighted by Crippen LogP contribution is -2.42. The number of nitrogens with one attached hydrogen (secondary N) is 1. The van der Waals surface area contributed by atoms with Gasteiger partial charge in [0.1, 0.15) is 0 Å². The molecule has 3 heteroatoms. The molecule has 0 atom stereocenters. The van der Waals surface area contributed by atoms with E-state index in [1.165, 1.54) is 5.56 Å². The largest absolute Gasteiger partial charge is 0.314 e. The topological polar surface area (TPSA) is 19.6 Å². The SMILES string of the molecule is [C-]#[N+]c1ccc(CN2CCNCC2)cc1. The van der Waals surface area contributed by atoms with Crippen LogP contribution in [0.15, 0.2) is 24.3 Å². The fourth-order valence-electron chi connectivity index (χ4n) is 1.80. The van der Waals surface area contributed by atoms with E-state index in [1.807, 2.05) is 12.1 Å². The van der Waals surface area contributed by atoms with Gasteiger partial charge in [-0.1, -0.05) is 24.3 Å². The summed E-state index contributed by atoms with van der Waals surface area (Å²) in [7, 11) is 0. The Hall–Kier alpha value is -1.37.